The molecule has 1 fully saturated rings. The molecule has 0 bridgehead atoms. The average Bonchev–Trinajstić information content (AvgIpc) is 2.88. The lowest BCUT2D eigenvalue weighted by molar-refractivity contribution is -0.130. The Kier molecular flexibility index (Phi) is 6.59. The zero-order chi connectivity index (χ0) is 16.8. The molecule has 0 N–H and O–H groups in total. The van der Waals surface area contributed by atoms with Crippen LogP contribution >= 0.6 is 0 Å². The maximum Gasteiger partial charge on any atom is 0.222 e. The summed E-state index contributed by atoms with van der Waals surface area (Å²) >= 11 is 0. The monoisotopic (exact) mass is 322 g/mol. The molecule has 1 aliphatic rings. The van der Waals surface area contributed by atoms with E-state index in [0.717, 1.165) is 50.7 Å². The van der Waals surface area contributed by atoms with Crippen LogP contribution in [0.15, 0.2) is 6.07 Å². The molecule has 0 aliphatic carbocycles. The van der Waals surface area contributed by atoms with Gasteiger partial charge in [-0.05, 0) is 33.3 Å². The third-order valence-corrected chi connectivity index (χ3v) is 4.62. The standard InChI is InChI=1S/C17H30N4O2/c1-14-13-16(3)21(18-14)8-7-19(4)17(22)6-5-15(2)20-9-11-23-12-10-20/h13,15H,5-12H2,1-4H3/t15-/m0/s1. The molecule has 6 nitrogen and oxygen atoms in total. The van der Waals surface area contributed by atoms with Crippen molar-refractivity contribution in [1.82, 2.24) is 19.6 Å². The number of hydrogen-bond acceptors (Lipinski definition) is 4. The van der Waals surface area contributed by atoms with Crippen LogP contribution in [0.5, 0.6) is 0 Å². The summed E-state index contributed by atoms with van der Waals surface area (Å²) in [6.07, 6.45) is 1.51. The van der Waals surface area contributed by atoms with Gasteiger partial charge in [0.05, 0.1) is 25.5 Å². The van der Waals surface area contributed by atoms with Gasteiger partial charge in [-0.1, -0.05) is 0 Å². The lowest BCUT2D eigenvalue weighted by Gasteiger charge is -2.32. The van der Waals surface area contributed by atoms with E-state index in [4.69, 9.17) is 4.74 Å². The van der Waals surface area contributed by atoms with Crippen LogP contribution in [0.3, 0.4) is 0 Å². The predicted octanol–water partition coefficient (Wildman–Crippen LogP) is 1.46. The van der Waals surface area contributed by atoms with Gasteiger partial charge >= 0.3 is 0 Å². The Morgan fingerprint density at radius 2 is 2.09 bits per heavy atom. The number of carbonyl (C=O) groups is 1. The van der Waals surface area contributed by atoms with Crippen molar-refractivity contribution < 1.29 is 9.53 Å². The molecule has 1 aliphatic heterocycles. The number of morpholine rings is 1. The van der Waals surface area contributed by atoms with Crippen LogP contribution in [0.1, 0.15) is 31.2 Å². The molecule has 0 spiro atoms. The van der Waals surface area contributed by atoms with Crippen LogP contribution < -0.4 is 0 Å². The zero-order valence-corrected chi connectivity index (χ0v) is 14.9. The van der Waals surface area contributed by atoms with Gasteiger partial charge in [-0.2, -0.15) is 5.10 Å². The molecule has 1 amide bonds. The smallest absolute Gasteiger partial charge is 0.222 e. The first-order valence-corrected chi connectivity index (χ1v) is 8.54. The van der Waals surface area contributed by atoms with Crippen LogP contribution in [0, 0.1) is 13.8 Å². The first-order chi connectivity index (χ1) is 11.0. The quantitative estimate of drug-likeness (QED) is 0.763. The number of amides is 1. The lowest BCUT2D eigenvalue weighted by Crippen LogP contribution is -2.42. The number of carbonyl (C=O) groups excluding carboxylic acids is 1. The Balaban J connectivity index is 1.70. The second-order valence-corrected chi connectivity index (χ2v) is 6.50. The summed E-state index contributed by atoms with van der Waals surface area (Å²) in [5.74, 6) is 0.214. The molecule has 6 heteroatoms. The highest BCUT2D eigenvalue weighted by atomic mass is 16.5. The van der Waals surface area contributed by atoms with E-state index in [0.29, 0.717) is 19.0 Å². The minimum absolute atomic E-state index is 0.214. The van der Waals surface area contributed by atoms with Crippen LogP contribution in [0.4, 0.5) is 0 Å². The highest BCUT2D eigenvalue weighted by Gasteiger charge is 2.18. The number of aromatic nitrogens is 2. The molecule has 0 radical (unpaired) electrons. The highest BCUT2D eigenvalue weighted by Crippen LogP contribution is 2.10. The largest absolute Gasteiger partial charge is 0.379 e. The highest BCUT2D eigenvalue weighted by molar-refractivity contribution is 5.75. The van der Waals surface area contributed by atoms with Crippen molar-refractivity contribution in [2.45, 2.75) is 46.2 Å². The molecule has 1 atom stereocenters. The van der Waals surface area contributed by atoms with Crippen LogP contribution in [-0.4, -0.2) is 71.4 Å². The van der Waals surface area contributed by atoms with Crippen LogP contribution in [0.2, 0.25) is 0 Å². The third kappa shape index (κ3) is 5.32. The molecule has 0 unspecified atom stereocenters. The fourth-order valence-electron chi connectivity index (χ4n) is 2.99. The first kappa shape index (κ1) is 17.9. The fourth-order valence-corrected chi connectivity index (χ4v) is 2.99. The molecule has 1 saturated heterocycles. The number of ether oxygens (including phenoxy) is 1. The van der Waals surface area contributed by atoms with Crippen molar-refractivity contribution in [3.05, 3.63) is 17.5 Å². The van der Waals surface area contributed by atoms with Crippen molar-refractivity contribution in [3.63, 3.8) is 0 Å². The molecule has 2 rings (SSSR count). The average molecular weight is 322 g/mol. The minimum atomic E-state index is 0.214. The van der Waals surface area contributed by atoms with Gasteiger partial charge in [-0.3, -0.25) is 14.4 Å². The Morgan fingerprint density at radius 3 is 2.70 bits per heavy atom. The Bertz CT molecular complexity index is 509. The van der Waals surface area contributed by atoms with E-state index in [2.05, 4.69) is 23.0 Å². The summed E-state index contributed by atoms with van der Waals surface area (Å²) in [5, 5.41) is 4.44. The van der Waals surface area contributed by atoms with Gasteiger partial charge in [0.25, 0.3) is 0 Å². The molecular formula is C17H30N4O2. The minimum Gasteiger partial charge on any atom is -0.379 e. The number of hydrogen-bond donors (Lipinski definition) is 0. The lowest BCUT2D eigenvalue weighted by atomic mass is 10.1. The zero-order valence-electron chi connectivity index (χ0n) is 14.9. The molecule has 0 saturated carbocycles. The van der Waals surface area contributed by atoms with Gasteiger partial charge in [0.1, 0.15) is 0 Å². The first-order valence-electron chi connectivity index (χ1n) is 8.54. The topological polar surface area (TPSA) is 50.6 Å². The van der Waals surface area contributed by atoms with E-state index in [1.165, 1.54) is 0 Å². The normalized spacial score (nSPS) is 17.2. The van der Waals surface area contributed by atoms with E-state index in [1.54, 1.807) is 0 Å². The van der Waals surface area contributed by atoms with Gasteiger partial charge in [-0.25, -0.2) is 0 Å². The second kappa shape index (κ2) is 8.45. The fraction of sp³-hybridized carbons (Fsp3) is 0.765. The SMILES string of the molecule is Cc1cc(C)n(CCN(C)C(=O)CC[C@H](C)N2CCOCC2)n1. The van der Waals surface area contributed by atoms with Crippen molar-refractivity contribution in [2.75, 3.05) is 39.9 Å². The maximum atomic E-state index is 12.3. The number of nitrogens with zero attached hydrogens (tertiary/aromatic N) is 4. The van der Waals surface area contributed by atoms with E-state index < -0.39 is 0 Å². The Morgan fingerprint density at radius 1 is 1.39 bits per heavy atom. The van der Waals surface area contributed by atoms with E-state index in [1.807, 2.05) is 30.5 Å². The predicted molar refractivity (Wildman–Crippen MR) is 90.4 cm³/mol. The van der Waals surface area contributed by atoms with Crippen LogP contribution in [0.25, 0.3) is 0 Å². The van der Waals surface area contributed by atoms with Crippen molar-refractivity contribution in [2.24, 2.45) is 0 Å². The summed E-state index contributed by atoms with van der Waals surface area (Å²) in [6, 6.07) is 2.50. The summed E-state index contributed by atoms with van der Waals surface area (Å²) in [7, 11) is 1.88. The Hall–Kier alpha value is -1.40. The van der Waals surface area contributed by atoms with Crippen molar-refractivity contribution in [1.29, 1.82) is 0 Å². The van der Waals surface area contributed by atoms with Crippen molar-refractivity contribution in [3.8, 4) is 0 Å². The number of aryl methyl sites for hydroxylation is 2. The summed E-state index contributed by atoms with van der Waals surface area (Å²) < 4.78 is 7.34. The maximum absolute atomic E-state index is 12.3. The van der Waals surface area contributed by atoms with Gasteiger partial charge in [0, 0.05) is 44.8 Å². The van der Waals surface area contributed by atoms with E-state index in [-0.39, 0.29) is 5.91 Å². The molecule has 1 aromatic heterocycles. The number of rotatable bonds is 7. The van der Waals surface area contributed by atoms with E-state index in [9.17, 15) is 4.79 Å². The second-order valence-electron chi connectivity index (χ2n) is 6.50. The summed E-state index contributed by atoms with van der Waals surface area (Å²) in [4.78, 5) is 16.5. The molecule has 2 heterocycles. The molecule has 0 aromatic carbocycles. The molecular weight excluding hydrogens is 292 g/mol. The van der Waals surface area contributed by atoms with Crippen LogP contribution in [-0.2, 0) is 16.1 Å². The third-order valence-electron chi connectivity index (χ3n) is 4.62. The summed E-state index contributed by atoms with van der Waals surface area (Å²) in [5.41, 5.74) is 2.17. The summed E-state index contributed by atoms with van der Waals surface area (Å²) in [6.45, 7) is 11.3. The van der Waals surface area contributed by atoms with Gasteiger partial charge in [0.15, 0.2) is 0 Å². The Labute approximate surface area is 139 Å². The van der Waals surface area contributed by atoms with Gasteiger partial charge in [0.2, 0.25) is 5.91 Å². The van der Waals surface area contributed by atoms with Gasteiger partial charge in [-0.15, -0.1) is 0 Å². The van der Waals surface area contributed by atoms with Crippen molar-refractivity contribution >= 4 is 5.91 Å². The van der Waals surface area contributed by atoms with E-state index >= 15 is 0 Å². The van der Waals surface area contributed by atoms with Gasteiger partial charge < -0.3 is 9.64 Å². The number of likely N-dealkylation sites (N-methyl/N-ethyl adjacent to an activating group) is 1. The molecule has 1 aromatic rings. The molecule has 23 heavy (non-hydrogen) atoms. The molecule has 130 valence electrons.